The molecule has 0 aliphatic carbocycles. The number of hydrogen-bond acceptors (Lipinski definition) is 2. The Hall–Kier alpha value is 0.200. The summed E-state index contributed by atoms with van der Waals surface area (Å²) >= 11 is 9.05. The monoisotopic (exact) mass is 285 g/mol. The largest absolute Gasteiger partial charge is 0.394 e. The molecule has 5 heteroatoms. The van der Waals surface area contributed by atoms with Crippen molar-refractivity contribution in [2.45, 2.75) is 6.04 Å². The first kappa shape index (κ1) is 13.2. The van der Waals surface area contributed by atoms with Crippen LogP contribution in [0.25, 0.3) is 0 Å². The minimum Gasteiger partial charge on any atom is -0.394 e. The molecule has 1 unspecified atom stereocenters. The normalized spacial score (nSPS) is 12.0. The lowest BCUT2D eigenvalue weighted by atomic mass is 10.1. The van der Waals surface area contributed by atoms with E-state index >= 15 is 0 Å². The summed E-state index contributed by atoms with van der Waals surface area (Å²) in [5, 5.41) is 9.42. The van der Waals surface area contributed by atoms with Crippen LogP contribution in [0.5, 0.6) is 0 Å². The van der Waals surface area contributed by atoms with Crippen LogP contribution in [0.3, 0.4) is 0 Å². The lowest BCUT2D eigenvalue weighted by Crippen LogP contribution is -2.14. The van der Waals surface area contributed by atoms with E-state index in [1.54, 1.807) is 12.1 Å². The van der Waals surface area contributed by atoms with Gasteiger partial charge in [0.05, 0.1) is 17.7 Å². The highest BCUT2D eigenvalue weighted by atomic mass is 79.9. The molecule has 0 saturated heterocycles. The Labute approximate surface area is 96.6 Å². The highest BCUT2D eigenvalue weighted by Gasteiger charge is 2.05. The van der Waals surface area contributed by atoms with E-state index in [-0.39, 0.29) is 25.1 Å². The number of benzene rings is 1. The highest BCUT2D eigenvalue weighted by Crippen LogP contribution is 2.25. The van der Waals surface area contributed by atoms with E-state index in [4.69, 9.17) is 22.4 Å². The van der Waals surface area contributed by atoms with Gasteiger partial charge in [-0.3, -0.25) is 0 Å². The molecular formula is C8H10BrCl2NO. The van der Waals surface area contributed by atoms with E-state index in [1.165, 1.54) is 0 Å². The molecule has 0 radical (unpaired) electrons. The van der Waals surface area contributed by atoms with Gasteiger partial charge in [-0.1, -0.05) is 17.7 Å². The first-order valence-electron chi connectivity index (χ1n) is 3.46. The van der Waals surface area contributed by atoms with Gasteiger partial charge < -0.3 is 10.8 Å². The zero-order chi connectivity index (χ0) is 9.14. The molecule has 3 N–H and O–H groups in total. The maximum atomic E-state index is 8.78. The van der Waals surface area contributed by atoms with Gasteiger partial charge in [-0.15, -0.1) is 12.4 Å². The summed E-state index contributed by atoms with van der Waals surface area (Å²) in [4.78, 5) is 0. The molecule has 0 fully saturated rings. The Morgan fingerprint density at radius 3 is 2.62 bits per heavy atom. The minimum atomic E-state index is -0.335. The Balaban J connectivity index is 0.00000144. The smallest absolute Gasteiger partial charge is 0.0624 e. The summed E-state index contributed by atoms with van der Waals surface area (Å²) in [6.07, 6.45) is 0. The van der Waals surface area contributed by atoms with Gasteiger partial charge >= 0.3 is 0 Å². The van der Waals surface area contributed by atoms with Crippen molar-refractivity contribution >= 4 is 39.9 Å². The van der Waals surface area contributed by atoms with Crippen molar-refractivity contribution < 1.29 is 5.11 Å². The van der Waals surface area contributed by atoms with Crippen LogP contribution < -0.4 is 5.73 Å². The van der Waals surface area contributed by atoms with Crippen LogP contribution in [0.1, 0.15) is 11.6 Å². The standard InChI is InChI=1S/C8H9BrClNO.ClH/c9-6-3-5(8(11)4-12)1-2-7(6)10;/h1-3,8,12H,4,11H2;1H. The fraction of sp³-hybridized carbons (Fsp3) is 0.250. The fourth-order valence-corrected chi connectivity index (χ4v) is 1.36. The topological polar surface area (TPSA) is 46.2 Å². The van der Waals surface area contributed by atoms with E-state index < -0.39 is 0 Å². The quantitative estimate of drug-likeness (QED) is 0.878. The molecule has 1 aromatic rings. The van der Waals surface area contributed by atoms with Gasteiger partial charge in [0.25, 0.3) is 0 Å². The van der Waals surface area contributed by atoms with Gasteiger partial charge in [0.1, 0.15) is 0 Å². The number of nitrogens with two attached hydrogens (primary N) is 1. The SMILES string of the molecule is Cl.NC(CO)c1ccc(Cl)c(Br)c1. The summed E-state index contributed by atoms with van der Waals surface area (Å²) in [5.41, 5.74) is 6.47. The second-order valence-corrected chi connectivity index (χ2v) is 3.72. The Bertz CT molecular complexity index is 283. The molecular weight excluding hydrogens is 277 g/mol. The van der Waals surface area contributed by atoms with Crippen LogP contribution in [-0.4, -0.2) is 11.7 Å². The zero-order valence-corrected chi connectivity index (χ0v) is 9.86. The Morgan fingerprint density at radius 2 is 2.15 bits per heavy atom. The predicted octanol–water partition coefficient (Wildman–Crippen LogP) is 2.52. The molecule has 1 rings (SSSR count). The highest BCUT2D eigenvalue weighted by molar-refractivity contribution is 9.10. The average molecular weight is 287 g/mol. The van der Waals surface area contributed by atoms with Gasteiger partial charge in [0.2, 0.25) is 0 Å². The predicted molar refractivity (Wildman–Crippen MR) is 60.4 cm³/mol. The van der Waals surface area contributed by atoms with Crippen molar-refractivity contribution in [1.82, 2.24) is 0 Å². The number of halogens is 3. The molecule has 0 saturated carbocycles. The van der Waals surface area contributed by atoms with E-state index in [1.807, 2.05) is 6.07 Å². The molecule has 0 amide bonds. The molecule has 0 aromatic heterocycles. The van der Waals surface area contributed by atoms with Gasteiger partial charge in [0, 0.05) is 4.47 Å². The molecule has 1 atom stereocenters. The summed E-state index contributed by atoms with van der Waals surface area (Å²) in [7, 11) is 0. The number of hydrogen-bond donors (Lipinski definition) is 2. The molecule has 0 aliphatic heterocycles. The van der Waals surface area contributed by atoms with Crippen LogP contribution >= 0.6 is 39.9 Å². The summed E-state index contributed by atoms with van der Waals surface area (Å²) in [6, 6.07) is 5.02. The number of aliphatic hydroxyl groups is 1. The van der Waals surface area contributed by atoms with E-state index in [9.17, 15) is 0 Å². The van der Waals surface area contributed by atoms with Crippen LogP contribution in [0.15, 0.2) is 22.7 Å². The first-order valence-corrected chi connectivity index (χ1v) is 4.63. The fourth-order valence-electron chi connectivity index (χ4n) is 0.848. The molecule has 1 aromatic carbocycles. The van der Waals surface area contributed by atoms with Gasteiger partial charge in [-0.05, 0) is 33.6 Å². The first-order chi connectivity index (χ1) is 5.65. The van der Waals surface area contributed by atoms with Crippen molar-refractivity contribution in [2.75, 3.05) is 6.61 Å². The van der Waals surface area contributed by atoms with Crippen LogP contribution in [-0.2, 0) is 0 Å². The Kier molecular flexibility index (Phi) is 5.92. The molecule has 0 aliphatic rings. The summed E-state index contributed by atoms with van der Waals surface area (Å²) in [5.74, 6) is 0. The van der Waals surface area contributed by atoms with E-state index in [0.29, 0.717) is 5.02 Å². The zero-order valence-electron chi connectivity index (χ0n) is 6.71. The minimum absolute atomic E-state index is 0. The van der Waals surface area contributed by atoms with Crippen molar-refractivity contribution in [3.05, 3.63) is 33.3 Å². The lowest BCUT2D eigenvalue weighted by molar-refractivity contribution is 0.268. The van der Waals surface area contributed by atoms with Crippen molar-refractivity contribution in [3.63, 3.8) is 0 Å². The summed E-state index contributed by atoms with van der Waals surface area (Å²) in [6.45, 7) is -0.0614. The molecule has 0 heterocycles. The molecule has 74 valence electrons. The third-order valence-corrected chi connectivity index (χ3v) is 2.78. The van der Waals surface area contributed by atoms with Crippen molar-refractivity contribution in [2.24, 2.45) is 5.73 Å². The second kappa shape index (κ2) is 5.83. The van der Waals surface area contributed by atoms with Crippen LogP contribution in [0, 0.1) is 0 Å². The average Bonchev–Trinajstić information content (AvgIpc) is 2.08. The van der Waals surface area contributed by atoms with Crippen LogP contribution in [0.2, 0.25) is 5.02 Å². The lowest BCUT2D eigenvalue weighted by Gasteiger charge is -2.08. The number of rotatable bonds is 2. The third-order valence-electron chi connectivity index (χ3n) is 1.57. The number of aliphatic hydroxyl groups excluding tert-OH is 1. The van der Waals surface area contributed by atoms with Crippen molar-refractivity contribution in [1.29, 1.82) is 0 Å². The summed E-state index contributed by atoms with van der Waals surface area (Å²) < 4.78 is 0.797. The molecule has 0 bridgehead atoms. The molecule has 13 heavy (non-hydrogen) atoms. The van der Waals surface area contributed by atoms with Crippen LogP contribution in [0.4, 0.5) is 0 Å². The van der Waals surface area contributed by atoms with Crippen molar-refractivity contribution in [3.8, 4) is 0 Å². The van der Waals surface area contributed by atoms with E-state index in [2.05, 4.69) is 15.9 Å². The maximum absolute atomic E-state index is 8.78. The molecule has 2 nitrogen and oxygen atoms in total. The van der Waals surface area contributed by atoms with Gasteiger partial charge in [-0.25, -0.2) is 0 Å². The Morgan fingerprint density at radius 1 is 1.54 bits per heavy atom. The second-order valence-electron chi connectivity index (χ2n) is 2.46. The molecule has 0 spiro atoms. The third kappa shape index (κ3) is 3.44. The maximum Gasteiger partial charge on any atom is 0.0624 e. The van der Waals surface area contributed by atoms with E-state index in [0.717, 1.165) is 10.0 Å². The van der Waals surface area contributed by atoms with Gasteiger partial charge in [0.15, 0.2) is 0 Å². The van der Waals surface area contributed by atoms with Gasteiger partial charge in [-0.2, -0.15) is 0 Å².